The Labute approximate surface area is 77.6 Å². The van der Waals surface area contributed by atoms with Crippen LogP contribution in [-0.4, -0.2) is 0 Å². The molecule has 0 aromatic heterocycles. The minimum Gasteiger partial charge on any atom is 0 e. The number of hydrogen-bond donors (Lipinski definition) is 0. The zero-order valence-corrected chi connectivity index (χ0v) is 8.00. The molecular weight excluding hydrogens is 247 g/mol. The van der Waals surface area contributed by atoms with Crippen molar-refractivity contribution in [2.24, 2.45) is 0 Å². The van der Waals surface area contributed by atoms with Crippen molar-refractivity contribution in [1.82, 2.24) is 0 Å². The van der Waals surface area contributed by atoms with Crippen molar-refractivity contribution < 1.29 is 78.7 Å². The molecule has 0 nitrogen and oxygen atoms in total. The molecule has 1 radical (unpaired) electrons. The Bertz CT molecular complexity index is 8.00. The van der Waals surface area contributed by atoms with Crippen LogP contribution in [0.15, 0.2) is 0 Å². The molecule has 0 N–H and O–H groups in total. The Morgan fingerprint density at radius 1 is 1.00 bits per heavy atom. The molecule has 0 fully saturated rings. The van der Waals surface area contributed by atoms with Crippen LogP contribution in [0.5, 0.6) is 0 Å². The van der Waals surface area contributed by atoms with Gasteiger partial charge < -0.3 is 0 Å². The van der Waals surface area contributed by atoms with E-state index in [9.17, 15) is 0 Å². The van der Waals surface area contributed by atoms with Crippen molar-refractivity contribution in [2.75, 3.05) is 0 Å². The first kappa shape index (κ1) is 31.3. The van der Waals surface area contributed by atoms with Gasteiger partial charge in [0.25, 0.3) is 0 Å². The van der Waals surface area contributed by atoms with Crippen LogP contribution in [0, 0.1) is 0 Å². The zero-order chi connectivity index (χ0) is 0. The van der Waals surface area contributed by atoms with E-state index in [0.29, 0.717) is 0 Å². The van der Waals surface area contributed by atoms with Gasteiger partial charge in [0.2, 0.25) is 0 Å². The largest absolute Gasteiger partial charge is 0 e. The second-order valence-electron chi connectivity index (χ2n) is 0. The normalized spacial score (nSPS) is 0. The van der Waals surface area contributed by atoms with E-state index in [1.165, 1.54) is 0 Å². The van der Waals surface area contributed by atoms with E-state index in [1.807, 2.05) is 0 Å². The molecule has 0 spiro atoms. The summed E-state index contributed by atoms with van der Waals surface area (Å²) < 4.78 is 0. The van der Waals surface area contributed by atoms with Crippen molar-refractivity contribution >= 4 is 0 Å². The standard InChI is InChI=1S/Cr.Mo.Ti.V. The van der Waals surface area contributed by atoms with Gasteiger partial charge >= 0.3 is 0 Å². The Balaban J connectivity index is 0. The van der Waals surface area contributed by atoms with Gasteiger partial charge in [0.15, 0.2) is 0 Å². The second-order valence-corrected chi connectivity index (χ2v) is 0. The minimum absolute atomic E-state index is 0. The molecule has 4 heavy (non-hydrogen) atoms. The molecule has 0 saturated heterocycles. The molecule has 0 aliphatic carbocycles. The Morgan fingerprint density at radius 3 is 1.00 bits per heavy atom. The fourth-order valence-electron chi connectivity index (χ4n) is 0. The number of rotatable bonds is 0. The van der Waals surface area contributed by atoms with Crippen LogP contribution >= 0.6 is 0 Å². The molecule has 0 bridgehead atoms. The second kappa shape index (κ2) is 17.8. The van der Waals surface area contributed by atoms with Crippen molar-refractivity contribution in [3.05, 3.63) is 0 Å². The predicted molar refractivity (Wildman–Crippen MR) is 0 cm³/mol. The molecule has 4 heteroatoms. The fourth-order valence-corrected chi connectivity index (χ4v) is 0. The monoisotopic (exact) mass is 249 g/mol. The Kier molecular flexibility index (Phi) is 139. The zero-order valence-electron chi connectivity index (χ0n) is 1.76. The summed E-state index contributed by atoms with van der Waals surface area (Å²) in [7, 11) is 0. The maximum atomic E-state index is 0. The Hall–Kier alpha value is 2.52. The molecule has 0 aliphatic heterocycles. The third kappa shape index (κ3) is 8.82. The average Bonchev–Trinajstić information content (AvgIpc) is 0. The SMILES string of the molecule is [Cr].[Mo].[Ti].[V]. The van der Waals surface area contributed by atoms with Gasteiger partial charge in [0.1, 0.15) is 0 Å². The molecule has 0 aromatic carbocycles. The summed E-state index contributed by atoms with van der Waals surface area (Å²) in [5, 5.41) is 0. The molecular formula is CrMoTiV. The third-order valence-electron chi connectivity index (χ3n) is 0. The van der Waals surface area contributed by atoms with Gasteiger partial charge in [-0.1, -0.05) is 0 Å². The van der Waals surface area contributed by atoms with Gasteiger partial charge in [0.05, 0.1) is 0 Å². The quantitative estimate of drug-likeness (QED) is 0.528. The average molecular weight is 247 g/mol. The van der Waals surface area contributed by atoms with Crippen molar-refractivity contribution in [3.63, 3.8) is 0 Å². The summed E-state index contributed by atoms with van der Waals surface area (Å²) in [4.78, 5) is 0. The molecule has 0 atom stereocenters. The van der Waals surface area contributed by atoms with E-state index in [0.717, 1.165) is 0 Å². The summed E-state index contributed by atoms with van der Waals surface area (Å²) in [6, 6.07) is 0. The Morgan fingerprint density at radius 2 is 1.00 bits per heavy atom. The van der Waals surface area contributed by atoms with Gasteiger partial charge in [-0.15, -0.1) is 0 Å². The van der Waals surface area contributed by atoms with E-state index in [2.05, 4.69) is 0 Å². The summed E-state index contributed by atoms with van der Waals surface area (Å²) in [5.41, 5.74) is 0. The topological polar surface area (TPSA) is 0 Å². The molecule has 0 saturated carbocycles. The van der Waals surface area contributed by atoms with E-state index in [1.54, 1.807) is 0 Å². The third-order valence-corrected chi connectivity index (χ3v) is 0. The first-order valence-corrected chi connectivity index (χ1v) is 0. The van der Waals surface area contributed by atoms with Crippen LogP contribution < -0.4 is 0 Å². The maximum Gasteiger partial charge on any atom is 0 e. The fraction of sp³-hybridized carbons (Fsp3) is 0. The van der Waals surface area contributed by atoms with Gasteiger partial charge in [-0.25, -0.2) is 0 Å². The van der Waals surface area contributed by atoms with Crippen LogP contribution in [0.2, 0.25) is 0 Å². The van der Waals surface area contributed by atoms with Gasteiger partial charge in [-0.2, -0.15) is 0 Å². The van der Waals surface area contributed by atoms with Crippen LogP contribution in [0.1, 0.15) is 0 Å². The molecule has 0 unspecified atom stereocenters. The first-order chi connectivity index (χ1) is 0. The van der Waals surface area contributed by atoms with Crippen molar-refractivity contribution in [2.45, 2.75) is 0 Å². The van der Waals surface area contributed by atoms with Crippen molar-refractivity contribution in [3.8, 4) is 0 Å². The van der Waals surface area contributed by atoms with E-state index in [4.69, 9.17) is 0 Å². The minimum atomic E-state index is 0. The number of hydrogen-bond acceptors (Lipinski definition) is 0. The van der Waals surface area contributed by atoms with Gasteiger partial charge in [-0.3, -0.25) is 0 Å². The van der Waals surface area contributed by atoms with Crippen molar-refractivity contribution in [1.29, 1.82) is 0 Å². The smallest absolute Gasteiger partial charge is 0 e. The summed E-state index contributed by atoms with van der Waals surface area (Å²) in [5.74, 6) is 0. The van der Waals surface area contributed by atoms with E-state index in [-0.39, 0.29) is 78.7 Å². The van der Waals surface area contributed by atoms with Crippen LogP contribution in [0.25, 0.3) is 0 Å². The summed E-state index contributed by atoms with van der Waals surface area (Å²) in [6.45, 7) is 0. The molecule has 21 valence electrons. The van der Waals surface area contributed by atoms with Gasteiger partial charge in [0, 0.05) is 78.7 Å². The molecule has 0 rings (SSSR count). The van der Waals surface area contributed by atoms with E-state index >= 15 is 0 Å². The molecule has 0 aromatic rings. The molecule has 0 aliphatic rings. The van der Waals surface area contributed by atoms with Gasteiger partial charge in [-0.05, 0) is 0 Å². The van der Waals surface area contributed by atoms with E-state index < -0.39 is 0 Å². The first-order valence-electron chi connectivity index (χ1n) is 0. The van der Waals surface area contributed by atoms with Crippen LogP contribution in [-0.2, 0) is 78.7 Å². The maximum absolute atomic E-state index is 0. The van der Waals surface area contributed by atoms with Crippen LogP contribution in [0.4, 0.5) is 0 Å². The summed E-state index contributed by atoms with van der Waals surface area (Å²) >= 11 is 0. The predicted octanol–water partition coefficient (Wildman–Crippen LogP) is -0.0100. The summed E-state index contributed by atoms with van der Waals surface area (Å²) in [6.07, 6.45) is 0. The molecule has 0 amide bonds. The molecule has 0 heterocycles. The van der Waals surface area contributed by atoms with Crippen LogP contribution in [0.3, 0.4) is 0 Å².